The zero-order chi connectivity index (χ0) is 12.5. The predicted octanol–water partition coefficient (Wildman–Crippen LogP) is 1.77. The summed E-state index contributed by atoms with van der Waals surface area (Å²) in [6.07, 6.45) is 0.863. The summed E-state index contributed by atoms with van der Waals surface area (Å²) >= 11 is 1.41. The van der Waals surface area contributed by atoms with Crippen LogP contribution in [0.3, 0.4) is 0 Å². The van der Waals surface area contributed by atoms with Crippen LogP contribution in [0, 0.1) is 0 Å². The molecule has 0 saturated heterocycles. The highest BCUT2D eigenvalue weighted by Crippen LogP contribution is 2.31. The fraction of sp³-hybridized carbons (Fsp3) is 0.231. The van der Waals surface area contributed by atoms with Gasteiger partial charge in [-0.3, -0.25) is 4.79 Å². The number of nitrogens with zero attached hydrogens (tertiary/aromatic N) is 1. The molecular weight excluding hydrogens is 248 g/mol. The predicted molar refractivity (Wildman–Crippen MR) is 69.1 cm³/mol. The lowest BCUT2D eigenvalue weighted by atomic mass is 10.0. The Morgan fingerprint density at radius 1 is 1.50 bits per heavy atom. The first-order valence-corrected chi connectivity index (χ1v) is 6.61. The molecule has 5 heteroatoms. The van der Waals surface area contributed by atoms with Gasteiger partial charge in [0.15, 0.2) is 0 Å². The maximum atomic E-state index is 12.4. The SMILES string of the molecule is NCc1nc(C(=O)c2cccc3c2OCC3)cs1. The number of ketones is 1. The molecule has 92 valence electrons. The molecule has 0 radical (unpaired) electrons. The Kier molecular flexibility index (Phi) is 2.85. The maximum absolute atomic E-state index is 12.4. The van der Waals surface area contributed by atoms with Crippen molar-refractivity contribution in [2.24, 2.45) is 5.73 Å². The molecule has 3 rings (SSSR count). The largest absolute Gasteiger partial charge is 0.492 e. The number of nitrogens with two attached hydrogens (primary N) is 1. The molecule has 2 heterocycles. The normalized spacial score (nSPS) is 13.2. The molecule has 0 amide bonds. The van der Waals surface area contributed by atoms with E-state index in [4.69, 9.17) is 10.5 Å². The Hall–Kier alpha value is -1.72. The van der Waals surface area contributed by atoms with Gasteiger partial charge in [-0.05, 0) is 11.6 Å². The number of carbonyl (C=O) groups excluding carboxylic acids is 1. The van der Waals surface area contributed by atoms with Gasteiger partial charge in [0.2, 0.25) is 5.78 Å². The number of aromatic nitrogens is 1. The second-order valence-corrected chi connectivity index (χ2v) is 4.99. The molecule has 1 aliphatic rings. The number of carbonyl (C=O) groups is 1. The monoisotopic (exact) mass is 260 g/mol. The van der Waals surface area contributed by atoms with E-state index in [0.29, 0.717) is 30.2 Å². The van der Waals surface area contributed by atoms with E-state index in [1.165, 1.54) is 11.3 Å². The van der Waals surface area contributed by atoms with Crippen molar-refractivity contribution in [2.45, 2.75) is 13.0 Å². The first-order valence-electron chi connectivity index (χ1n) is 5.73. The minimum Gasteiger partial charge on any atom is -0.492 e. The highest BCUT2D eigenvalue weighted by atomic mass is 32.1. The van der Waals surface area contributed by atoms with Crippen molar-refractivity contribution in [3.05, 3.63) is 45.4 Å². The zero-order valence-electron chi connectivity index (χ0n) is 9.68. The molecule has 1 aromatic heterocycles. The van der Waals surface area contributed by atoms with E-state index in [2.05, 4.69) is 4.98 Å². The lowest BCUT2D eigenvalue weighted by molar-refractivity contribution is 0.103. The van der Waals surface area contributed by atoms with Crippen LogP contribution in [0.4, 0.5) is 0 Å². The number of hydrogen-bond acceptors (Lipinski definition) is 5. The van der Waals surface area contributed by atoms with Gasteiger partial charge in [0.05, 0.1) is 12.2 Å². The Labute approximate surface area is 108 Å². The number of fused-ring (bicyclic) bond motifs is 1. The van der Waals surface area contributed by atoms with Gasteiger partial charge in [-0.25, -0.2) is 4.98 Å². The zero-order valence-corrected chi connectivity index (χ0v) is 10.5. The molecule has 0 aliphatic carbocycles. The minimum atomic E-state index is -0.0929. The first-order chi connectivity index (χ1) is 8.79. The third kappa shape index (κ3) is 1.81. The molecule has 2 aromatic rings. The Bertz CT molecular complexity index is 607. The first kappa shape index (κ1) is 11.4. The van der Waals surface area contributed by atoms with E-state index >= 15 is 0 Å². The average molecular weight is 260 g/mol. The van der Waals surface area contributed by atoms with Crippen LogP contribution < -0.4 is 10.5 Å². The molecule has 0 fully saturated rings. The fourth-order valence-corrected chi connectivity index (χ4v) is 2.70. The van der Waals surface area contributed by atoms with Crippen LogP contribution in [0.1, 0.15) is 26.6 Å². The van der Waals surface area contributed by atoms with Gasteiger partial charge in [-0.1, -0.05) is 12.1 Å². The summed E-state index contributed by atoms with van der Waals surface area (Å²) in [5, 5.41) is 2.52. The highest BCUT2D eigenvalue weighted by Gasteiger charge is 2.22. The van der Waals surface area contributed by atoms with Crippen LogP contribution in [-0.2, 0) is 13.0 Å². The quantitative estimate of drug-likeness (QED) is 0.854. The van der Waals surface area contributed by atoms with Gasteiger partial charge >= 0.3 is 0 Å². The molecule has 2 N–H and O–H groups in total. The number of rotatable bonds is 3. The van der Waals surface area contributed by atoms with Crippen molar-refractivity contribution < 1.29 is 9.53 Å². The summed E-state index contributed by atoms with van der Waals surface area (Å²) in [4.78, 5) is 16.6. The Morgan fingerprint density at radius 3 is 3.17 bits per heavy atom. The van der Waals surface area contributed by atoms with E-state index in [1.54, 1.807) is 11.4 Å². The second-order valence-electron chi connectivity index (χ2n) is 4.05. The van der Waals surface area contributed by atoms with E-state index in [-0.39, 0.29) is 5.78 Å². The van der Waals surface area contributed by atoms with Crippen LogP contribution in [0.25, 0.3) is 0 Å². The summed E-state index contributed by atoms with van der Waals surface area (Å²) in [5.74, 6) is 0.620. The Balaban J connectivity index is 2.00. The minimum absolute atomic E-state index is 0.0929. The molecule has 1 aromatic carbocycles. The van der Waals surface area contributed by atoms with Crippen molar-refractivity contribution in [3.8, 4) is 5.75 Å². The van der Waals surface area contributed by atoms with Gasteiger partial charge in [0.1, 0.15) is 16.5 Å². The van der Waals surface area contributed by atoms with Crippen LogP contribution in [0.5, 0.6) is 5.75 Å². The topological polar surface area (TPSA) is 65.2 Å². The van der Waals surface area contributed by atoms with Crippen LogP contribution in [-0.4, -0.2) is 17.4 Å². The van der Waals surface area contributed by atoms with Crippen molar-refractivity contribution in [1.82, 2.24) is 4.98 Å². The number of thiazole rings is 1. The smallest absolute Gasteiger partial charge is 0.215 e. The number of benzene rings is 1. The fourth-order valence-electron chi connectivity index (χ4n) is 2.04. The average Bonchev–Trinajstić information content (AvgIpc) is 3.05. The van der Waals surface area contributed by atoms with E-state index in [9.17, 15) is 4.79 Å². The molecule has 0 saturated carbocycles. The van der Waals surface area contributed by atoms with Crippen molar-refractivity contribution in [3.63, 3.8) is 0 Å². The molecule has 0 unspecified atom stereocenters. The van der Waals surface area contributed by atoms with Crippen LogP contribution >= 0.6 is 11.3 Å². The molecule has 1 aliphatic heterocycles. The number of ether oxygens (including phenoxy) is 1. The molecule has 18 heavy (non-hydrogen) atoms. The van der Waals surface area contributed by atoms with Gasteiger partial charge in [-0.15, -0.1) is 11.3 Å². The molecule has 0 bridgehead atoms. The highest BCUT2D eigenvalue weighted by molar-refractivity contribution is 7.09. The Morgan fingerprint density at radius 2 is 2.39 bits per heavy atom. The lowest BCUT2D eigenvalue weighted by Gasteiger charge is -2.05. The van der Waals surface area contributed by atoms with Crippen LogP contribution in [0.2, 0.25) is 0 Å². The van der Waals surface area contributed by atoms with Gasteiger partial charge < -0.3 is 10.5 Å². The third-order valence-electron chi connectivity index (χ3n) is 2.92. The summed E-state index contributed by atoms with van der Waals surface area (Å²) in [7, 11) is 0. The molecular formula is C13H12N2O2S. The van der Waals surface area contributed by atoms with Crippen molar-refractivity contribution in [1.29, 1.82) is 0 Å². The van der Waals surface area contributed by atoms with E-state index in [1.807, 2.05) is 12.1 Å². The standard InChI is InChI=1S/C13H12N2O2S/c14-6-11-15-10(7-18-11)12(16)9-3-1-2-8-4-5-17-13(8)9/h1-3,7H,4-6,14H2. The maximum Gasteiger partial charge on any atom is 0.215 e. The van der Waals surface area contributed by atoms with Crippen molar-refractivity contribution in [2.75, 3.05) is 6.61 Å². The van der Waals surface area contributed by atoms with E-state index in [0.717, 1.165) is 17.0 Å². The molecule has 0 spiro atoms. The summed E-state index contributed by atoms with van der Waals surface area (Å²) in [5.41, 5.74) is 7.64. The summed E-state index contributed by atoms with van der Waals surface area (Å²) in [6.45, 7) is 1.01. The second kappa shape index (κ2) is 4.51. The summed E-state index contributed by atoms with van der Waals surface area (Å²) < 4.78 is 5.54. The summed E-state index contributed by atoms with van der Waals surface area (Å²) in [6, 6.07) is 5.66. The third-order valence-corrected chi connectivity index (χ3v) is 3.79. The van der Waals surface area contributed by atoms with Crippen LogP contribution in [0.15, 0.2) is 23.6 Å². The van der Waals surface area contributed by atoms with Crippen molar-refractivity contribution >= 4 is 17.1 Å². The molecule has 4 nitrogen and oxygen atoms in total. The number of hydrogen-bond donors (Lipinski definition) is 1. The molecule has 0 atom stereocenters. The van der Waals surface area contributed by atoms with Gasteiger partial charge in [0, 0.05) is 18.3 Å². The number of para-hydroxylation sites is 1. The van der Waals surface area contributed by atoms with Gasteiger partial charge in [-0.2, -0.15) is 0 Å². The lowest BCUT2D eigenvalue weighted by Crippen LogP contribution is -2.05. The van der Waals surface area contributed by atoms with Gasteiger partial charge in [0.25, 0.3) is 0 Å². The van der Waals surface area contributed by atoms with E-state index < -0.39 is 0 Å².